The predicted octanol–water partition coefficient (Wildman–Crippen LogP) is 2.66. The molecule has 5 nitrogen and oxygen atoms in total. The molecule has 2 N–H and O–H groups in total. The minimum Gasteiger partial charge on any atom is -0.478 e. The molecule has 0 saturated carbocycles. The molecule has 1 aromatic rings. The molecular formula is C14H18N2O3S. The summed E-state index contributed by atoms with van der Waals surface area (Å²) in [5.74, 6) is 1.10. The molecule has 0 spiro atoms. The Labute approximate surface area is 122 Å². The van der Waals surface area contributed by atoms with Gasteiger partial charge in [-0.1, -0.05) is 0 Å². The number of carboxylic acids is 1. The largest absolute Gasteiger partial charge is 0.478 e. The molecule has 1 fully saturated rings. The lowest BCUT2D eigenvalue weighted by Crippen LogP contribution is -2.40. The Kier molecular flexibility index (Phi) is 4.54. The number of aromatic carboxylic acids is 1. The molecule has 1 unspecified atom stereocenters. The molecule has 1 saturated heterocycles. The van der Waals surface area contributed by atoms with E-state index in [1.165, 1.54) is 6.07 Å². The third-order valence-corrected chi connectivity index (χ3v) is 4.63. The van der Waals surface area contributed by atoms with Gasteiger partial charge >= 0.3 is 12.0 Å². The van der Waals surface area contributed by atoms with Crippen LogP contribution in [0.15, 0.2) is 18.2 Å². The molecule has 1 aromatic carbocycles. The molecule has 0 aliphatic carbocycles. The van der Waals surface area contributed by atoms with Crippen LogP contribution in [0.5, 0.6) is 0 Å². The fourth-order valence-electron chi connectivity index (χ4n) is 2.13. The second-order valence-corrected chi connectivity index (χ2v) is 6.04. The number of hydrogen-bond donors (Lipinski definition) is 2. The van der Waals surface area contributed by atoms with E-state index in [4.69, 9.17) is 5.11 Å². The van der Waals surface area contributed by atoms with Gasteiger partial charge in [0.05, 0.1) is 5.56 Å². The normalized spacial score (nSPS) is 17.8. The van der Waals surface area contributed by atoms with Gasteiger partial charge in [0.2, 0.25) is 0 Å². The first-order valence-electron chi connectivity index (χ1n) is 6.44. The molecule has 1 aliphatic rings. The van der Waals surface area contributed by atoms with Crippen molar-refractivity contribution in [2.45, 2.75) is 19.4 Å². The highest BCUT2D eigenvalue weighted by molar-refractivity contribution is 7.99. The van der Waals surface area contributed by atoms with E-state index in [-0.39, 0.29) is 17.6 Å². The van der Waals surface area contributed by atoms with Gasteiger partial charge in [-0.2, -0.15) is 11.8 Å². The number of nitrogens with zero attached hydrogens (tertiary/aromatic N) is 1. The zero-order valence-corrected chi connectivity index (χ0v) is 12.4. The number of aryl methyl sites for hydroxylation is 1. The summed E-state index contributed by atoms with van der Waals surface area (Å²) in [5.41, 5.74) is 1.62. The maximum atomic E-state index is 12.2. The quantitative estimate of drug-likeness (QED) is 0.899. The lowest BCUT2D eigenvalue weighted by Gasteiger charge is -2.24. The van der Waals surface area contributed by atoms with E-state index < -0.39 is 5.97 Å². The zero-order valence-electron chi connectivity index (χ0n) is 11.5. The van der Waals surface area contributed by atoms with Crippen molar-refractivity contribution in [3.05, 3.63) is 29.3 Å². The van der Waals surface area contributed by atoms with Crippen molar-refractivity contribution < 1.29 is 14.7 Å². The number of anilines is 1. The van der Waals surface area contributed by atoms with E-state index in [9.17, 15) is 9.59 Å². The standard InChI is InChI=1S/C14H18N2O3S/c1-9-7-10(13(17)18)3-4-12(9)15-14(19)16(2)11-5-6-20-8-11/h3-4,7,11H,5-6,8H2,1-2H3,(H,15,19)(H,17,18). The highest BCUT2D eigenvalue weighted by atomic mass is 32.2. The summed E-state index contributed by atoms with van der Waals surface area (Å²) in [7, 11) is 1.80. The number of thioether (sulfide) groups is 1. The van der Waals surface area contributed by atoms with Crippen LogP contribution in [0.4, 0.5) is 10.5 Å². The van der Waals surface area contributed by atoms with Crippen LogP contribution < -0.4 is 5.32 Å². The summed E-state index contributed by atoms with van der Waals surface area (Å²) in [6.07, 6.45) is 1.02. The summed E-state index contributed by atoms with van der Waals surface area (Å²) < 4.78 is 0. The van der Waals surface area contributed by atoms with Gasteiger partial charge in [0.25, 0.3) is 0 Å². The van der Waals surface area contributed by atoms with Crippen molar-refractivity contribution in [2.75, 3.05) is 23.9 Å². The average molecular weight is 294 g/mol. The first kappa shape index (κ1) is 14.7. The number of nitrogens with one attached hydrogen (secondary N) is 1. The molecule has 1 heterocycles. The van der Waals surface area contributed by atoms with Crippen molar-refractivity contribution in [1.82, 2.24) is 4.90 Å². The molecule has 0 bridgehead atoms. The fraction of sp³-hybridized carbons (Fsp3) is 0.429. The summed E-state index contributed by atoms with van der Waals surface area (Å²) in [6, 6.07) is 4.82. The maximum Gasteiger partial charge on any atom is 0.335 e. The molecule has 2 rings (SSSR count). The lowest BCUT2D eigenvalue weighted by atomic mass is 10.1. The highest BCUT2D eigenvalue weighted by Crippen LogP contribution is 2.23. The number of carbonyl (C=O) groups is 2. The highest BCUT2D eigenvalue weighted by Gasteiger charge is 2.24. The van der Waals surface area contributed by atoms with Crippen LogP contribution >= 0.6 is 11.8 Å². The fourth-order valence-corrected chi connectivity index (χ4v) is 3.40. The van der Waals surface area contributed by atoms with Crippen LogP contribution in [0, 0.1) is 6.92 Å². The maximum absolute atomic E-state index is 12.2. The third-order valence-electron chi connectivity index (χ3n) is 3.49. The average Bonchev–Trinajstić information content (AvgIpc) is 2.93. The number of carbonyl (C=O) groups excluding carboxylic acids is 1. The summed E-state index contributed by atoms with van der Waals surface area (Å²) >= 11 is 1.86. The minimum atomic E-state index is -0.967. The lowest BCUT2D eigenvalue weighted by molar-refractivity contribution is 0.0697. The first-order chi connectivity index (χ1) is 9.49. The Balaban J connectivity index is 2.05. The Hall–Kier alpha value is -1.69. The monoisotopic (exact) mass is 294 g/mol. The molecule has 108 valence electrons. The second kappa shape index (κ2) is 6.17. The summed E-state index contributed by atoms with van der Waals surface area (Å²) in [4.78, 5) is 24.8. The molecule has 6 heteroatoms. The number of rotatable bonds is 3. The third kappa shape index (κ3) is 3.25. The Morgan fingerprint density at radius 3 is 2.75 bits per heavy atom. The van der Waals surface area contributed by atoms with Crippen LogP contribution in [0.1, 0.15) is 22.3 Å². The van der Waals surface area contributed by atoms with Crippen molar-refractivity contribution in [2.24, 2.45) is 0 Å². The van der Waals surface area contributed by atoms with E-state index in [0.29, 0.717) is 5.69 Å². The molecule has 0 aromatic heterocycles. The van der Waals surface area contributed by atoms with Gasteiger partial charge in [-0.05, 0) is 42.9 Å². The minimum absolute atomic E-state index is 0.149. The van der Waals surface area contributed by atoms with Gasteiger partial charge < -0.3 is 15.3 Å². The molecule has 2 amide bonds. The van der Waals surface area contributed by atoms with Gasteiger partial charge in [0.1, 0.15) is 0 Å². The van der Waals surface area contributed by atoms with Crippen molar-refractivity contribution >= 4 is 29.4 Å². The van der Waals surface area contributed by atoms with Crippen LogP contribution in [0.2, 0.25) is 0 Å². The molecule has 1 aliphatic heterocycles. The zero-order chi connectivity index (χ0) is 14.7. The number of benzene rings is 1. The molecule has 0 radical (unpaired) electrons. The van der Waals surface area contributed by atoms with Crippen LogP contribution in [-0.4, -0.2) is 46.6 Å². The van der Waals surface area contributed by atoms with Gasteiger partial charge in [-0.15, -0.1) is 0 Å². The van der Waals surface area contributed by atoms with Gasteiger partial charge in [-0.3, -0.25) is 0 Å². The van der Waals surface area contributed by atoms with Crippen molar-refractivity contribution in [3.63, 3.8) is 0 Å². The SMILES string of the molecule is Cc1cc(C(=O)O)ccc1NC(=O)N(C)C1CCSC1. The van der Waals surface area contributed by atoms with E-state index in [1.807, 2.05) is 11.8 Å². The van der Waals surface area contributed by atoms with Crippen LogP contribution in [0.25, 0.3) is 0 Å². The Morgan fingerprint density at radius 1 is 1.45 bits per heavy atom. The van der Waals surface area contributed by atoms with Crippen molar-refractivity contribution in [1.29, 1.82) is 0 Å². The topological polar surface area (TPSA) is 69.6 Å². The predicted molar refractivity (Wildman–Crippen MR) is 80.7 cm³/mol. The van der Waals surface area contributed by atoms with E-state index in [2.05, 4.69) is 5.32 Å². The van der Waals surface area contributed by atoms with E-state index >= 15 is 0 Å². The Bertz CT molecular complexity index is 527. The number of hydrogen-bond acceptors (Lipinski definition) is 3. The summed E-state index contributed by atoms with van der Waals surface area (Å²) in [5, 5.41) is 11.8. The second-order valence-electron chi connectivity index (χ2n) is 4.89. The number of amides is 2. The van der Waals surface area contributed by atoms with Crippen molar-refractivity contribution in [3.8, 4) is 0 Å². The van der Waals surface area contributed by atoms with Gasteiger partial charge in [0.15, 0.2) is 0 Å². The van der Waals surface area contributed by atoms with Crippen LogP contribution in [0.3, 0.4) is 0 Å². The van der Waals surface area contributed by atoms with Gasteiger partial charge in [-0.25, -0.2) is 9.59 Å². The number of urea groups is 1. The first-order valence-corrected chi connectivity index (χ1v) is 7.60. The number of carboxylic acid groups (broad SMARTS) is 1. The van der Waals surface area contributed by atoms with Crippen LogP contribution in [-0.2, 0) is 0 Å². The molecular weight excluding hydrogens is 276 g/mol. The van der Waals surface area contributed by atoms with Gasteiger partial charge in [0, 0.05) is 24.5 Å². The molecule has 1 atom stereocenters. The van der Waals surface area contributed by atoms with E-state index in [0.717, 1.165) is 23.5 Å². The summed E-state index contributed by atoms with van der Waals surface area (Å²) in [6.45, 7) is 1.79. The van der Waals surface area contributed by atoms with E-state index in [1.54, 1.807) is 31.0 Å². The molecule has 20 heavy (non-hydrogen) atoms. The Morgan fingerprint density at radius 2 is 2.20 bits per heavy atom. The smallest absolute Gasteiger partial charge is 0.335 e.